The number of aryl methyl sites for hydroxylation is 1. The molecule has 1 aliphatic carbocycles. The Balaban J connectivity index is 1.74. The fourth-order valence-electron chi connectivity index (χ4n) is 2.94. The second kappa shape index (κ2) is 7.80. The van der Waals surface area contributed by atoms with Crippen molar-refractivity contribution >= 4 is 27.4 Å². The van der Waals surface area contributed by atoms with Crippen molar-refractivity contribution in [2.45, 2.75) is 30.6 Å². The molecule has 0 radical (unpaired) electrons. The summed E-state index contributed by atoms with van der Waals surface area (Å²) in [5, 5.41) is 0.378. The minimum absolute atomic E-state index is 0.0979. The van der Waals surface area contributed by atoms with Gasteiger partial charge in [0.2, 0.25) is 0 Å². The summed E-state index contributed by atoms with van der Waals surface area (Å²) >= 11 is 5.94. The first-order chi connectivity index (χ1) is 12.7. The van der Waals surface area contributed by atoms with Gasteiger partial charge in [0.15, 0.2) is 5.78 Å². The van der Waals surface area contributed by atoms with E-state index in [1.54, 1.807) is 12.1 Å². The quantitative estimate of drug-likeness (QED) is 0.741. The normalized spacial score (nSPS) is 17.5. The van der Waals surface area contributed by atoms with E-state index < -0.39 is 21.8 Å². The molecule has 0 fully saturated rings. The highest BCUT2D eigenvalue weighted by atomic mass is 35.5. The number of ketones is 1. The van der Waals surface area contributed by atoms with Crippen LogP contribution in [0.5, 0.6) is 0 Å². The smallest absolute Gasteiger partial charge is 0.257 e. The zero-order valence-electron chi connectivity index (χ0n) is 14.5. The van der Waals surface area contributed by atoms with E-state index >= 15 is 0 Å². The number of halogens is 2. The van der Waals surface area contributed by atoms with Gasteiger partial charge in [-0.15, -0.1) is 4.83 Å². The Morgan fingerprint density at radius 1 is 1.11 bits per heavy atom. The third-order valence-corrected chi connectivity index (χ3v) is 5.82. The van der Waals surface area contributed by atoms with Crippen molar-refractivity contribution in [3.63, 3.8) is 0 Å². The fourth-order valence-corrected chi connectivity index (χ4v) is 3.99. The Morgan fingerprint density at radius 3 is 2.52 bits per heavy atom. The van der Waals surface area contributed by atoms with Crippen LogP contribution in [-0.2, 0) is 14.8 Å². The van der Waals surface area contributed by atoms with Gasteiger partial charge in [-0.2, -0.15) is 0 Å². The van der Waals surface area contributed by atoms with Crippen LogP contribution in [0.2, 0.25) is 5.02 Å². The summed E-state index contributed by atoms with van der Waals surface area (Å²) in [5.41, 5.74) is 4.23. The van der Waals surface area contributed by atoms with E-state index in [0.29, 0.717) is 16.3 Å². The lowest BCUT2D eigenvalue weighted by Crippen LogP contribution is -2.38. The third-order valence-electron chi connectivity index (χ3n) is 4.32. The van der Waals surface area contributed by atoms with E-state index in [9.17, 15) is 17.6 Å². The Hall–Kier alpha value is -2.22. The molecule has 3 rings (SSSR count). The first-order valence-electron chi connectivity index (χ1n) is 8.27. The van der Waals surface area contributed by atoms with Crippen LogP contribution in [-0.4, -0.2) is 14.2 Å². The Bertz CT molecular complexity index is 1000. The zero-order valence-corrected chi connectivity index (χ0v) is 16.1. The van der Waals surface area contributed by atoms with Gasteiger partial charge in [0, 0.05) is 23.2 Å². The Labute approximate surface area is 162 Å². The third kappa shape index (κ3) is 4.74. The molecule has 1 atom stereocenters. The number of hydrogen-bond acceptors (Lipinski definition) is 4. The van der Waals surface area contributed by atoms with E-state index in [4.69, 9.17) is 11.6 Å². The maximum absolute atomic E-state index is 14.1. The average Bonchev–Trinajstić information content (AvgIpc) is 2.62. The van der Waals surface area contributed by atoms with Crippen molar-refractivity contribution in [1.29, 1.82) is 0 Å². The standard InChI is InChI=1S/C19H18ClFN2O3S/c1-12-2-5-17(6-3-12)27(25,26)23-22-15-8-13(9-16(24)11-15)18-10-14(20)4-7-19(18)21/h2-7,10-11,13,22-23H,8-9H2,1H3. The molecule has 1 unspecified atom stereocenters. The molecule has 0 bridgehead atoms. The maximum Gasteiger partial charge on any atom is 0.257 e. The van der Waals surface area contributed by atoms with Crippen molar-refractivity contribution in [3.05, 3.63) is 76.2 Å². The highest BCUT2D eigenvalue weighted by Crippen LogP contribution is 2.33. The van der Waals surface area contributed by atoms with Crippen molar-refractivity contribution in [3.8, 4) is 0 Å². The van der Waals surface area contributed by atoms with Gasteiger partial charge in [-0.1, -0.05) is 29.3 Å². The summed E-state index contributed by atoms with van der Waals surface area (Å²) in [6.07, 6.45) is 1.74. The van der Waals surface area contributed by atoms with Crippen molar-refractivity contribution in [2.75, 3.05) is 0 Å². The second-order valence-electron chi connectivity index (χ2n) is 6.45. The van der Waals surface area contributed by atoms with E-state index in [1.165, 1.54) is 36.4 Å². The lowest BCUT2D eigenvalue weighted by atomic mass is 9.85. The van der Waals surface area contributed by atoms with Crippen molar-refractivity contribution in [2.24, 2.45) is 0 Å². The van der Waals surface area contributed by atoms with E-state index in [1.807, 2.05) is 6.92 Å². The molecule has 2 aromatic rings. The molecule has 2 N–H and O–H groups in total. The molecule has 5 nitrogen and oxygen atoms in total. The van der Waals surface area contributed by atoms with Gasteiger partial charge >= 0.3 is 0 Å². The molecule has 142 valence electrons. The molecule has 0 saturated carbocycles. The highest BCUT2D eigenvalue weighted by molar-refractivity contribution is 7.89. The summed E-state index contributed by atoms with van der Waals surface area (Å²) < 4.78 is 38.8. The Kier molecular flexibility index (Phi) is 5.64. The number of sulfonamides is 1. The molecule has 0 spiro atoms. The summed E-state index contributed by atoms with van der Waals surface area (Å²) in [6, 6.07) is 10.6. The van der Waals surface area contributed by atoms with Gasteiger partial charge in [0.25, 0.3) is 10.0 Å². The predicted octanol–water partition coefficient (Wildman–Crippen LogP) is 3.60. The SMILES string of the molecule is Cc1ccc(S(=O)(=O)NNC2=CC(=O)CC(c3cc(Cl)ccc3F)C2)cc1. The van der Waals surface area contributed by atoms with Gasteiger partial charge in [-0.05, 0) is 55.2 Å². The van der Waals surface area contributed by atoms with Crippen LogP contribution in [0.3, 0.4) is 0 Å². The predicted molar refractivity (Wildman–Crippen MR) is 101 cm³/mol. The van der Waals surface area contributed by atoms with E-state index in [0.717, 1.165) is 5.56 Å². The maximum atomic E-state index is 14.1. The van der Waals surface area contributed by atoms with Crippen LogP contribution >= 0.6 is 11.6 Å². The number of rotatable bonds is 5. The van der Waals surface area contributed by atoms with Crippen LogP contribution < -0.4 is 10.3 Å². The number of hydrazine groups is 1. The number of nitrogens with one attached hydrogen (secondary N) is 2. The highest BCUT2D eigenvalue weighted by Gasteiger charge is 2.25. The molecule has 0 aliphatic heterocycles. The number of carbonyl (C=O) groups excluding carboxylic acids is 1. The van der Waals surface area contributed by atoms with Crippen LogP contribution in [0.25, 0.3) is 0 Å². The first-order valence-corrected chi connectivity index (χ1v) is 10.1. The van der Waals surface area contributed by atoms with Crippen LogP contribution in [0, 0.1) is 12.7 Å². The molecular formula is C19H18ClFN2O3S. The molecule has 0 saturated heterocycles. The van der Waals surface area contributed by atoms with Crippen molar-refractivity contribution < 1.29 is 17.6 Å². The summed E-state index contributed by atoms with van der Waals surface area (Å²) in [6.45, 7) is 1.86. The number of carbonyl (C=O) groups is 1. The zero-order chi connectivity index (χ0) is 19.6. The van der Waals surface area contributed by atoms with Gasteiger partial charge in [-0.25, -0.2) is 12.8 Å². The molecule has 0 amide bonds. The van der Waals surface area contributed by atoms with Crippen LogP contribution in [0.15, 0.2) is 59.1 Å². The van der Waals surface area contributed by atoms with E-state index in [2.05, 4.69) is 10.3 Å². The number of allylic oxidation sites excluding steroid dienone is 2. The monoisotopic (exact) mass is 408 g/mol. The molecule has 0 aromatic heterocycles. The first kappa shape index (κ1) is 19.5. The molecule has 1 aliphatic rings. The minimum Gasteiger partial charge on any atom is -0.312 e. The van der Waals surface area contributed by atoms with E-state index in [-0.39, 0.29) is 23.5 Å². The molecule has 0 heterocycles. The van der Waals surface area contributed by atoms with Crippen LogP contribution in [0.1, 0.15) is 29.9 Å². The minimum atomic E-state index is -3.80. The molecule has 2 aromatic carbocycles. The number of hydrogen-bond donors (Lipinski definition) is 2. The lowest BCUT2D eigenvalue weighted by molar-refractivity contribution is -0.115. The second-order valence-corrected chi connectivity index (χ2v) is 8.57. The van der Waals surface area contributed by atoms with Crippen molar-refractivity contribution in [1.82, 2.24) is 10.3 Å². The topological polar surface area (TPSA) is 75.3 Å². The average molecular weight is 409 g/mol. The molecule has 27 heavy (non-hydrogen) atoms. The van der Waals surface area contributed by atoms with Gasteiger partial charge < -0.3 is 5.43 Å². The van der Waals surface area contributed by atoms with Crippen LogP contribution in [0.4, 0.5) is 4.39 Å². The fraction of sp³-hybridized carbons (Fsp3) is 0.211. The number of benzene rings is 2. The molecule has 8 heteroatoms. The molecular weight excluding hydrogens is 391 g/mol. The summed E-state index contributed by atoms with van der Waals surface area (Å²) in [7, 11) is -3.80. The lowest BCUT2D eigenvalue weighted by Gasteiger charge is -2.24. The summed E-state index contributed by atoms with van der Waals surface area (Å²) in [4.78, 5) is 14.4. The summed E-state index contributed by atoms with van der Waals surface area (Å²) in [5.74, 6) is -1.09. The Morgan fingerprint density at radius 2 is 1.81 bits per heavy atom. The van der Waals surface area contributed by atoms with Gasteiger partial charge in [0.1, 0.15) is 5.82 Å². The van der Waals surface area contributed by atoms with Gasteiger partial charge in [-0.3, -0.25) is 4.79 Å². The largest absolute Gasteiger partial charge is 0.312 e. The van der Waals surface area contributed by atoms with Gasteiger partial charge in [0.05, 0.1) is 4.90 Å².